The lowest BCUT2D eigenvalue weighted by Gasteiger charge is -2.22. The average molecular weight is 342 g/mol. The van der Waals surface area contributed by atoms with Gasteiger partial charge >= 0.3 is 18.1 Å². The molecule has 2 aliphatic carbocycles. The van der Waals surface area contributed by atoms with Gasteiger partial charge in [0.25, 0.3) is 0 Å². The monoisotopic (exact) mass is 342 g/mol. The molecule has 0 amide bonds. The normalized spacial score (nSPS) is 33.9. The number of hydrogen-bond donors (Lipinski definition) is 0. The van der Waals surface area contributed by atoms with E-state index in [2.05, 4.69) is 9.47 Å². The van der Waals surface area contributed by atoms with Crippen LogP contribution >= 0.6 is 0 Å². The first kappa shape index (κ1) is 16.8. The summed E-state index contributed by atoms with van der Waals surface area (Å²) in [5.74, 6) is -3.86. The van der Waals surface area contributed by atoms with Gasteiger partial charge in [-0.3, -0.25) is 9.59 Å². The van der Waals surface area contributed by atoms with Gasteiger partial charge in [-0.15, -0.1) is 0 Å². The number of halogens is 3. The Morgan fingerprint density at radius 3 is 1.88 bits per heavy atom. The van der Waals surface area contributed by atoms with Gasteiger partial charge < -0.3 is 9.47 Å². The largest absolute Gasteiger partial charge is 0.469 e. The molecule has 2 fully saturated rings. The quantitative estimate of drug-likeness (QED) is 0.793. The van der Waals surface area contributed by atoms with Crippen LogP contribution in [0.3, 0.4) is 0 Å². The fraction of sp³-hybridized carbons (Fsp3) is 0.529. The van der Waals surface area contributed by atoms with Crippen molar-refractivity contribution in [1.29, 1.82) is 0 Å². The van der Waals surface area contributed by atoms with Crippen LogP contribution in [0.25, 0.3) is 0 Å². The highest BCUT2D eigenvalue weighted by Gasteiger charge is 2.96. The van der Waals surface area contributed by atoms with Crippen molar-refractivity contribution in [2.45, 2.75) is 24.9 Å². The van der Waals surface area contributed by atoms with E-state index in [1.807, 2.05) is 0 Å². The first-order valence-corrected chi connectivity index (χ1v) is 7.47. The Bertz CT molecular complexity index is 673. The third kappa shape index (κ3) is 1.87. The summed E-state index contributed by atoms with van der Waals surface area (Å²) in [7, 11) is 2.21. The Balaban J connectivity index is 2.09. The predicted molar refractivity (Wildman–Crippen MR) is 77.0 cm³/mol. The number of esters is 2. The molecule has 0 saturated heterocycles. The maximum atomic E-state index is 14.0. The van der Waals surface area contributed by atoms with Crippen molar-refractivity contribution >= 4 is 11.9 Å². The van der Waals surface area contributed by atoms with Gasteiger partial charge in [-0.25, -0.2) is 0 Å². The van der Waals surface area contributed by atoms with Crippen molar-refractivity contribution in [1.82, 2.24) is 0 Å². The Hall–Kier alpha value is -2.05. The number of rotatable bonds is 3. The lowest BCUT2D eigenvalue weighted by molar-refractivity contribution is -0.168. The van der Waals surface area contributed by atoms with Gasteiger partial charge in [-0.2, -0.15) is 13.2 Å². The summed E-state index contributed by atoms with van der Waals surface area (Å²) >= 11 is 0. The summed E-state index contributed by atoms with van der Waals surface area (Å²) in [5, 5.41) is 0. The molecule has 0 heterocycles. The van der Waals surface area contributed by atoms with E-state index in [4.69, 9.17) is 0 Å². The average Bonchev–Trinajstić information content (AvgIpc) is 3.41. The number of benzene rings is 1. The number of carbonyl (C=O) groups excluding carboxylic acids is 2. The number of aryl methyl sites for hydroxylation is 1. The molecular formula is C17H17F3O4. The minimum Gasteiger partial charge on any atom is -0.469 e. The van der Waals surface area contributed by atoms with E-state index in [1.54, 1.807) is 19.1 Å². The summed E-state index contributed by atoms with van der Waals surface area (Å²) in [5.41, 5.74) is -2.82. The molecule has 2 saturated carbocycles. The zero-order valence-electron chi connectivity index (χ0n) is 13.4. The highest BCUT2D eigenvalue weighted by molar-refractivity contribution is 5.92. The maximum absolute atomic E-state index is 14.0. The maximum Gasteiger partial charge on any atom is 0.399 e. The minimum atomic E-state index is -4.59. The van der Waals surface area contributed by atoms with Gasteiger partial charge in [0.1, 0.15) is 0 Å². The van der Waals surface area contributed by atoms with Crippen LogP contribution in [-0.4, -0.2) is 32.3 Å². The number of hydrogen-bond acceptors (Lipinski definition) is 4. The van der Waals surface area contributed by atoms with Crippen LogP contribution in [0.15, 0.2) is 24.3 Å². The van der Waals surface area contributed by atoms with Gasteiger partial charge in [0.05, 0.1) is 31.5 Å². The molecule has 0 aromatic heterocycles. The molecular weight excluding hydrogens is 325 g/mol. The second kappa shape index (κ2) is 4.97. The lowest BCUT2D eigenvalue weighted by Crippen LogP contribution is -2.33. The van der Waals surface area contributed by atoms with E-state index >= 15 is 0 Å². The number of ether oxygens (including phenoxy) is 2. The molecule has 1 unspecified atom stereocenters. The Labute approximate surface area is 136 Å². The Kier molecular flexibility index (Phi) is 3.48. The third-order valence-corrected chi connectivity index (χ3v) is 5.50. The zero-order chi connectivity index (χ0) is 17.9. The number of methoxy groups -OCH3 is 2. The molecule has 2 aliphatic rings. The van der Waals surface area contributed by atoms with Gasteiger partial charge in [-0.05, 0) is 18.9 Å². The van der Waals surface area contributed by atoms with E-state index in [9.17, 15) is 22.8 Å². The fourth-order valence-electron chi connectivity index (χ4n) is 4.27. The summed E-state index contributed by atoms with van der Waals surface area (Å²) in [6, 6.07) is 6.02. The van der Waals surface area contributed by atoms with Crippen LogP contribution < -0.4 is 0 Å². The van der Waals surface area contributed by atoms with Gasteiger partial charge in [0.15, 0.2) is 0 Å². The molecule has 0 aliphatic heterocycles. The molecule has 0 radical (unpaired) electrons. The van der Waals surface area contributed by atoms with Gasteiger partial charge in [0.2, 0.25) is 0 Å². The Morgan fingerprint density at radius 2 is 1.50 bits per heavy atom. The predicted octanol–water partition coefficient (Wildman–Crippen LogP) is 2.78. The molecule has 4 nitrogen and oxygen atoms in total. The Morgan fingerprint density at radius 1 is 1.04 bits per heavy atom. The fourth-order valence-corrected chi connectivity index (χ4v) is 4.27. The van der Waals surface area contributed by atoms with E-state index in [1.165, 1.54) is 12.1 Å². The summed E-state index contributed by atoms with van der Waals surface area (Å²) < 4.78 is 51.2. The van der Waals surface area contributed by atoms with Crippen LogP contribution in [0, 0.1) is 24.2 Å². The molecule has 24 heavy (non-hydrogen) atoms. The zero-order valence-corrected chi connectivity index (χ0v) is 13.4. The molecule has 0 bridgehead atoms. The van der Waals surface area contributed by atoms with Crippen molar-refractivity contribution < 1.29 is 32.2 Å². The van der Waals surface area contributed by atoms with E-state index in [0.717, 1.165) is 19.8 Å². The summed E-state index contributed by atoms with van der Waals surface area (Å²) in [6.45, 7) is 1.78. The lowest BCUT2D eigenvalue weighted by atomic mass is 9.89. The van der Waals surface area contributed by atoms with Crippen LogP contribution in [0.4, 0.5) is 13.2 Å². The highest BCUT2D eigenvalue weighted by atomic mass is 19.4. The van der Waals surface area contributed by atoms with Crippen molar-refractivity contribution in [3.05, 3.63) is 35.4 Å². The molecule has 130 valence electrons. The van der Waals surface area contributed by atoms with Crippen molar-refractivity contribution in [2.24, 2.45) is 17.3 Å². The smallest absolute Gasteiger partial charge is 0.399 e. The topological polar surface area (TPSA) is 52.6 Å². The van der Waals surface area contributed by atoms with Gasteiger partial charge in [0, 0.05) is 5.41 Å². The van der Waals surface area contributed by atoms with E-state index < -0.39 is 40.8 Å². The molecule has 1 aromatic rings. The molecule has 7 heteroatoms. The molecule has 0 N–H and O–H groups in total. The third-order valence-electron chi connectivity index (χ3n) is 5.50. The minimum absolute atomic E-state index is 0.0703. The highest BCUT2D eigenvalue weighted by Crippen LogP contribution is 2.88. The SMILES string of the molecule is COC(=O)[C@@H]1[C@@H](C(=O)OC)C12CC2(c1ccc(C)cc1)C(F)(F)F. The van der Waals surface area contributed by atoms with Crippen molar-refractivity contribution in [3.63, 3.8) is 0 Å². The standard InChI is InChI=1S/C17H17F3O4/c1-9-4-6-10(7-5-9)16(17(18,19)20)8-15(16)11(13(21)23-2)12(15)14(22)24-3/h4-7,11-12H,8H2,1-3H3/t11-,12-,16?/m0/s1. The number of carbonyl (C=O) groups is 2. The first-order chi connectivity index (χ1) is 11.2. The van der Waals surface area contributed by atoms with Crippen LogP contribution in [0.5, 0.6) is 0 Å². The molecule has 3 rings (SSSR count). The number of alkyl halides is 3. The second-order valence-corrected chi connectivity index (χ2v) is 6.49. The summed E-state index contributed by atoms with van der Waals surface area (Å²) in [6.07, 6.45) is -4.90. The van der Waals surface area contributed by atoms with Crippen molar-refractivity contribution in [2.75, 3.05) is 14.2 Å². The van der Waals surface area contributed by atoms with E-state index in [0.29, 0.717) is 0 Å². The van der Waals surface area contributed by atoms with Crippen LogP contribution in [0.2, 0.25) is 0 Å². The van der Waals surface area contributed by atoms with Crippen LogP contribution in [0.1, 0.15) is 17.5 Å². The first-order valence-electron chi connectivity index (χ1n) is 7.47. The van der Waals surface area contributed by atoms with Gasteiger partial charge in [-0.1, -0.05) is 29.8 Å². The molecule has 1 spiro atoms. The second-order valence-electron chi connectivity index (χ2n) is 6.49. The van der Waals surface area contributed by atoms with E-state index in [-0.39, 0.29) is 12.0 Å². The van der Waals surface area contributed by atoms with Crippen molar-refractivity contribution in [3.8, 4) is 0 Å². The molecule has 1 aromatic carbocycles. The van der Waals surface area contributed by atoms with Crippen LogP contribution in [-0.2, 0) is 24.5 Å². The molecule has 3 atom stereocenters. The summed E-state index contributed by atoms with van der Waals surface area (Å²) in [4.78, 5) is 23.9.